The Morgan fingerprint density at radius 2 is 1.22 bits per heavy atom. The number of nitrogens with zero attached hydrogens (tertiary/aromatic N) is 2. The molecule has 68 heavy (non-hydrogen) atoms. The molecule has 8 aromatic carbocycles. The van der Waals surface area contributed by atoms with Gasteiger partial charge in [0.2, 0.25) is 0 Å². The Bertz CT molecular complexity index is 3610. The van der Waals surface area contributed by atoms with Crippen molar-refractivity contribution in [2.45, 2.75) is 111 Å². The fourth-order valence-electron chi connectivity index (χ4n) is 11.9. The van der Waals surface area contributed by atoms with Gasteiger partial charge in [-0.3, -0.25) is 0 Å². The Kier molecular flexibility index (Phi) is 9.32. The molecule has 0 saturated carbocycles. The topological polar surface area (TPSA) is 6.48 Å². The molecule has 334 valence electrons. The van der Waals surface area contributed by atoms with Crippen LogP contribution < -0.4 is 20.6 Å². The first-order valence-electron chi connectivity index (χ1n) is 24.3. The largest absolute Gasteiger partial charge is 0.375 e. The summed E-state index contributed by atoms with van der Waals surface area (Å²) in [6, 6.07) is 56.7. The number of fused-ring (bicyclic) bond motifs is 11. The van der Waals surface area contributed by atoms with E-state index in [4.69, 9.17) is 0 Å². The third kappa shape index (κ3) is 6.32. The molecule has 0 fully saturated rings. The maximum atomic E-state index is 2.80. The van der Waals surface area contributed by atoms with Gasteiger partial charge in [-0.15, -0.1) is 11.3 Å². The monoisotopic (exact) mass is 934 g/mol. The zero-order valence-corrected chi connectivity index (χ0v) is 42.9. The third-order valence-electron chi connectivity index (χ3n) is 15.7. The molecule has 0 unspecified atom stereocenters. The van der Waals surface area contributed by atoms with Crippen LogP contribution in [0.1, 0.15) is 89.1 Å². The summed E-state index contributed by atoms with van der Waals surface area (Å²) in [5.41, 5.74) is 21.2. The van der Waals surface area contributed by atoms with Crippen LogP contribution in [0.25, 0.3) is 42.4 Å². The van der Waals surface area contributed by atoms with Gasteiger partial charge in [-0.05, 0) is 153 Å². The minimum atomic E-state index is -0.132. The molecule has 4 heterocycles. The predicted molar refractivity (Wildman–Crippen MR) is 297 cm³/mol. The molecule has 0 atom stereocenters. The molecule has 1 aromatic heterocycles. The van der Waals surface area contributed by atoms with Gasteiger partial charge in [0.25, 0.3) is 0 Å². The summed E-state index contributed by atoms with van der Waals surface area (Å²) < 4.78 is 2.64. The second-order valence-electron chi connectivity index (χ2n) is 22.1. The molecular formula is C62H55BN2S3. The van der Waals surface area contributed by atoms with Crippen molar-refractivity contribution in [3.63, 3.8) is 0 Å². The molecule has 0 saturated heterocycles. The number of thiophene rings is 1. The second-order valence-corrected chi connectivity index (χ2v) is 25.3. The zero-order chi connectivity index (χ0) is 46.6. The van der Waals surface area contributed by atoms with E-state index in [1.807, 2.05) is 34.9 Å². The normalized spacial score (nSPS) is 16.2. The van der Waals surface area contributed by atoms with Crippen LogP contribution >= 0.6 is 34.9 Å². The highest BCUT2D eigenvalue weighted by molar-refractivity contribution is 8.05. The van der Waals surface area contributed by atoms with E-state index in [1.165, 1.54) is 142 Å². The van der Waals surface area contributed by atoms with Crippen molar-refractivity contribution < 1.29 is 0 Å². The summed E-state index contributed by atoms with van der Waals surface area (Å²) in [6.07, 6.45) is 2.36. The summed E-state index contributed by atoms with van der Waals surface area (Å²) in [4.78, 5) is 10.8. The van der Waals surface area contributed by atoms with Crippen molar-refractivity contribution in [3.8, 4) is 22.3 Å². The molecule has 6 heteroatoms. The molecule has 0 amide bonds. The van der Waals surface area contributed by atoms with Crippen LogP contribution in [0.2, 0.25) is 0 Å². The molecule has 0 spiro atoms. The van der Waals surface area contributed by atoms with Crippen LogP contribution in [0.4, 0.5) is 28.4 Å². The highest BCUT2D eigenvalue weighted by atomic mass is 32.2. The van der Waals surface area contributed by atoms with E-state index in [9.17, 15) is 0 Å². The van der Waals surface area contributed by atoms with Crippen LogP contribution in [0, 0.1) is 13.8 Å². The molecule has 4 aliphatic rings. The van der Waals surface area contributed by atoms with Crippen LogP contribution in [-0.4, -0.2) is 6.85 Å². The van der Waals surface area contributed by atoms with Crippen molar-refractivity contribution in [3.05, 3.63) is 173 Å². The molecule has 2 nitrogen and oxygen atoms in total. The van der Waals surface area contributed by atoms with Crippen molar-refractivity contribution in [1.29, 1.82) is 0 Å². The first kappa shape index (κ1) is 42.4. The lowest BCUT2D eigenvalue weighted by Gasteiger charge is -2.48. The number of hydrogen-bond donors (Lipinski definition) is 0. The lowest BCUT2D eigenvalue weighted by molar-refractivity contribution is 0.332. The molecule has 0 bridgehead atoms. The van der Waals surface area contributed by atoms with Gasteiger partial charge in [-0.1, -0.05) is 157 Å². The highest BCUT2D eigenvalue weighted by Crippen LogP contribution is 2.57. The van der Waals surface area contributed by atoms with Gasteiger partial charge in [0, 0.05) is 79.3 Å². The average Bonchev–Trinajstić information content (AvgIpc) is 3.71. The Balaban J connectivity index is 1.18. The number of hydrogen-bond acceptors (Lipinski definition) is 5. The number of anilines is 5. The number of benzene rings is 8. The fourth-order valence-corrected chi connectivity index (χ4v) is 15.3. The lowest BCUT2D eigenvalue weighted by Crippen LogP contribution is -2.62. The summed E-state index contributed by atoms with van der Waals surface area (Å²) >= 11 is 5.77. The molecule has 3 aliphatic heterocycles. The van der Waals surface area contributed by atoms with Crippen molar-refractivity contribution in [1.82, 2.24) is 0 Å². The smallest absolute Gasteiger partial charge is 0.333 e. The van der Waals surface area contributed by atoms with Crippen LogP contribution in [0.3, 0.4) is 0 Å². The van der Waals surface area contributed by atoms with Gasteiger partial charge >= 0.3 is 6.85 Å². The Hall–Kier alpha value is -5.66. The van der Waals surface area contributed by atoms with Crippen LogP contribution in [0.15, 0.2) is 165 Å². The molecule has 13 rings (SSSR count). The first-order chi connectivity index (χ1) is 32.6. The lowest BCUT2D eigenvalue weighted by atomic mass is 9.43. The van der Waals surface area contributed by atoms with Crippen molar-refractivity contribution >= 4 is 101 Å². The summed E-state index contributed by atoms with van der Waals surface area (Å²) in [5, 5.41) is 2.66. The minimum Gasteiger partial charge on any atom is -0.375 e. The maximum Gasteiger partial charge on any atom is 0.333 e. The van der Waals surface area contributed by atoms with E-state index < -0.39 is 0 Å². The molecule has 0 N–H and O–H groups in total. The van der Waals surface area contributed by atoms with Crippen molar-refractivity contribution in [2.75, 3.05) is 9.71 Å². The van der Waals surface area contributed by atoms with E-state index in [2.05, 4.69) is 218 Å². The van der Waals surface area contributed by atoms with Gasteiger partial charge in [0.05, 0.1) is 0 Å². The summed E-state index contributed by atoms with van der Waals surface area (Å²) in [5.74, 6) is 0. The SMILES string of the molecule is Cc1cc2c3c(c1)N(c1cc4c(cc1C)C(C)(C)CCC4(C)C)c1cc4c(cc1B3N(c1ccc(C(C)(C)C)cc1-c1ccccc1)c1c-2ccc2sc3ccccc3c12)Sc1ccccc1S4. The quantitative estimate of drug-likeness (QED) is 0.163. The van der Waals surface area contributed by atoms with Gasteiger partial charge < -0.3 is 9.71 Å². The summed E-state index contributed by atoms with van der Waals surface area (Å²) in [6.45, 7) is 21.4. The van der Waals surface area contributed by atoms with Gasteiger partial charge in [-0.25, -0.2) is 0 Å². The highest BCUT2D eigenvalue weighted by Gasteiger charge is 2.48. The Labute approximate surface area is 414 Å². The standard InChI is InChI=1S/C62H55BN2S3/c1-36-29-43-40-24-26-54-57(41-19-13-14-20-51(41)66-54)59(40)65(47-25-23-39(60(3,4)5)32-42(47)38-17-11-10-12-18-38)63-46-34-55-56(68-53-22-16-15-21-52(53)67-55)35-49(46)64(50(30-36)58(43)63)48-33-45-44(31-37(48)2)61(6,7)27-28-62(45,8)9/h10-26,29-35H,27-28H2,1-9H3. The molecular weight excluding hydrogens is 880 g/mol. The van der Waals surface area contributed by atoms with Crippen LogP contribution in [-0.2, 0) is 16.2 Å². The molecule has 1 aliphatic carbocycles. The van der Waals surface area contributed by atoms with Gasteiger partial charge in [0.1, 0.15) is 0 Å². The average molecular weight is 935 g/mol. The van der Waals surface area contributed by atoms with Gasteiger partial charge in [0.15, 0.2) is 0 Å². The maximum absolute atomic E-state index is 2.80. The van der Waals surface area contributed by atoms with E-state index in [1.54, 1.807) is 0 Å². The Morgan fingerprint density at radius 3 is 1.96 bits per heavy atom. The van der Waals surface area contributed by atoms with Crippen LogP contribution in [0.5, 0.6) is 0 Å². The predicted octanol–water partition coefficient (Wildman–Crippen LogP) is 17.3. The van der Waals surface area contributed by atoms with Crippen molar-refractivity contribution in [2.24, 2.45) is 0 Å². The van der Waals surface area contributed by atoms with E-state index in [0.29, 0.717) is 0 Å². The zero-order valence-electron chi connectivity index (χ0n) is 40.5. The third-order valence-corrected chi connectivity index (χ3v) is 19.3. The van der Waals surface area contributed by atoms with E-state index in [0.717, 1.165) is 0 Å². The number of rotatable bonds is 3. The van der Waals surface area contributed by atoms with E-state index in [-0.39, 0.29) is 23.1 Å². The van der Waals surface area contributed by atoms with E-state index >= 15 is 0 Å². The first-order valence-corrected chi connectivity index (χ1v) is 26.8. The molecule has 9 aromatic rings. The molecule has 0 radical (unpaired) electrons. The minimum absolute atomic E-state index is 0.0330. The summed E-state index contributed by atoms with van der Waals surface area (Å²) in [7, 11) is 0. The number of aryl methyl sites for hydroxylation is 2. The van der Waals surface area contributed by atoms with Gasteiger partial charge in [-0.2, -0.15) is 0 Å². The fraction of sp³-hybridized carbons (Fsp3) is 0.226. The Morgan fingerprint density at radius 1 is 0.544 bits per heavy atom. The second kappa shape index (κ2) is 14.9.